The Bertz CT molecular complexity index is 692. The monoisotopic (exact) mass is 335 g/mol. The number of para-hydroxylation sites is 1. The quantitative estimate of drug-likeness (QED) is 0.901. The summed E-state index contributed by atoms with van der Waals surface area (Å²) in [5.74, 6) is -0.0538. The molecule has 1 amide bonds. The van der Waals surface area contributed by atoms with Crippen LogP contribution in [0.25, 0.3) is 10.9 Å². The van der Waals surface area contributed by atoms with Crippen LogP contribution < -0.4 is 0 Å². The number of halogens is 1. The first-order valence-electron chi connectivity index (χ1n) is 8.06. The maximum atomic E-state index is 12.7. The minimum atomic E-state index is -0.291. The number of fused-ring (bicyclic) bond motifs is 1. The number of hydrogen-bond acceptors (Lipinski definition) is 3. The number of β-amino-alcohol motifs (C(OH)–C–C–N with tert-alkyl or cyclic N) is 1. The highest BCUT2D eigenvalue weighted by molar-refractivity contribution is 6.38. The van der Waals surface area contributed by atoms with Gasteiger partial charge in [0.25, 0.3) is 5.91 Å². The van der Waals surface area contributed by atoms with Crippen molar-refractivity contribution < 1.29 is 9.90 Å². The fourth-order valence-corrected chi connectivity index (χ4v) is 3.27. The van der Waals surface area contributed by atoms with Crippen molar-refractivity contribution in [1.82, 2.24) is 14.8 Å². The van der Waals surface area contributed by atoms with Gasteiger partial charge in [0.1, 0.15) is 5.69 Å². The van der Waals surface area contributed by atoms with E-state index in [4.69, 9.17) is 11.6 Å². The number of amides is 1. The molecule has 2 N–H and O–H groups in total. The number of aromatic amines is 1. The molecule has 0 saturated carbocycles. The number of nitrogens with zero attached hydrogens (tertiary/aromatic N) is 2. The van der Waals surface area contributed by atoms with E-state index in [-0.39, 0.29) is 12.0 Å². The number of carbonyl (C=O) groups excluding carboxylic acids is 1. The van der Waals surface area contributed by atoms with Gasteiger partial charge in [-0.25, -0.2) is 0 Å². The van der Waals surface area contributed by atoms with Crippen molar-refractivity contribution in [2.24, 2.45) is 0 Å². The smallest absolute Gasteiger partial charge is 0.271 e. The van der Waals surface area contributed by atoms with Gasteiger partial charge in [-0.05, 0) is 12.5 Å². The molecule has 0 radical (unpaired) electrons. The van der Waals surface area contributed by atoms with E-state index in [1.807, 2.05) is 36.1 Å². The molecule has 1 aliphatic rings. The zero-order valence-corrected chi connectivity index (χ0v) is 14.0. The van der Waals surface area contributed by atoms with Crippen molar-refractivity contribution in [3.05, 3.63) is 35.0 Å². The lowest BCUT2D eigenvalue weighted by molar-refractivity contribution is 0.0520. The molecular formula is C17H22ClN3O2. The summed E-state index contributed by atoms with van der Waals surface area (Å²) in [5, 5.41) is 11.1. The molecule has 1 atom stereocenters. The Kier molecular flexibility index (Phi) is 4.90. The van der Waals surface area contributed by atoms with Crippen LogP contribution in [0, 0.1) is 0 Å². The van der Waals surface area contributed by atoms with Crippen LogP contribution in [0.1, 0.15) is 23.8 Å². The molecule has 0 bridgehead atoms. The summed E-state index contributed by atoms with van der Waals surface area (Å²) in [6.45, 7) is 5.51. The molecule has 3 rings (SSSR count). The fourth-order valence-electron chi connectivity index (χ4n) is 2.97. The lowest BCUT2D eigenvalue weighted by Gasteiger charge is -2.35. The predicted octanol–water partition coefficient (Wildman–Crippen LogP) is 2.35. The van der Waals surface area contributed by atoms with Gasteiger partial charge in [-0.2, -0.15) is 0 Å². The maximum Gasteiger partial charge on any atom is 0.271 e. The second-order valence-corrected chi connectivity index (χ2v) is 6.39. The number of piperazine rings is 1. The van der Waals surface area contributed by atoms with E-state index in [2.05, 4.69) is 9.88 Å². The first-order chi connectivity index (χ1) is 11.1. The topological polar surface area (TPSA) is 59.6 Å². The molecule has 124 valence electrons. The number of benzene rings is 1. The van der Waals surface area contributed by atoms with Crippen molar-refractivity contribution in [3.63, 3.8) is 0 Å². The Morgan fingerprint density at radius 2 is 2.00 bits per heavy atom. The number of carbonyl (C=O) groups is 1. The lowest BCUT2D eigenvalue weighted by atomic mass is 10.2. The van der Waals surface area contributed by atoms with Gasteiger partial charge in [-0.1, -0.05) is 36.7 Å². The van der Waals surface area contributed by atoms with Gasteiger partial charge in [0.2, 0.25) is 0 Å². The summed E-state index contributed by atoms with van der Waals surface area (Å²) in [7, 11) is 0. The van der Waals surface area contributed by atoms with Crippen LogP contribution in [-0.4, -0.2) is 64.6 Å². The van der Waals surface area contributed by atoms with Crippen LogP contribution >= 0.6 is 11.6 Å². The van der Waals surface area contributed by atoms with E-state index in [0.717, 1.165) is 30.4 Å². The highest BCUT2D eigenvalue weighted by atomic mass is 35.5. The second kappa shape index (κ2) is 6.91. The van der Waals surface area contributed by atoms with Crippen LogP contribution in [0.15, 0.2) is 24.3 Å². The lowest BCUT2D eigenvalue weighted by Crippen LogP contribution is -2.50. The third kappa shape index (κ3) is 3.37. The number of H-pyrrole nitrogens is 1. The number of hydrogen-bond donors (Lipinski definition) is 2. The number of aliphatic hydroxyl groups is 1. The van der Waals surface area contributed by atoms with E-state index in [9.17, 15) is 9.90 Å². The Morgan fingerprint density at radius 3 is 2.65 bits per heavy atom. The molecule has 0 unspecified atom stereocenters. The van der Waals surface area contributed by atoms with E-state index in [1.54, 1.807) is 0 Å². The molecule has 1 aromatic carbocycles. The van der Waals surface area contributed by atoms with Gasteiger partial charge >= 0.3 is 0 Å². The van der Waals surface area contributed by atoms with E-state index < -0.39 is 0 Å². The molecule has 6 heteroatoms. The first-order valence-corrected chi connectivity index (χ1v) is 8.43. The van der Waals surface area contributed by atoms with Crippen LogP contribution in [0.3, 0.4) is 0 Å². The summed E-state index contributed by atoms with van der Waals surface area (Å²) in [5.41, 5.74) is 1.35. The number of aromatic nitrogens is 1. The highest BCUT2D eigenvalue weighted by Gasteiger charge is 2.26. The zero-order chi connectivity index (χ0) is 16.4. The molecule has 5 nitrogen and oxygen atoms in total. The summed E-state index contributed by atoms with van der Waals surface area (Å²) < 4.78 is 0. The second-order valence-electron chi connectivity index (χ2n) is 6.01. The fraction of sp³-hybridized carbons (Fsp3) is 0.471. The van der Waals surface area contributed by atoms with Crippen molar-refractivity contribution in [2.75, 3.05) is 32.7 Å². The van der Waals surface area contributed by atoms with Crippen molar-refractivity contribution in [3.8, 4) is 0 Å². The van der Waals surface area contributed by atoms with Crippen molar-refractivity contribution >= 4 is 28.4 Å². The Labute approximate surface area is 140 Å². The summed E-state index contributed by atoms with van der Waals surface area (Å²) in [4.78, 5) is 19.9. The van der Waals surface area contributed by atoms with Gasteiger partial charge in [-0.15, -0.1) is 0 Å². The molecule has 1 aliphatic heterocycles. The molecule has 1 saturated heterocycles. The molecule has 2 aromatic rings. The molecular weight excluding hydrogens is 314 g/mol. The normalized spacial score (nSPS) is 17.6. The van der Waals surface area contributed by atoms with Crippen LogP contribution in [0.2, 0.25) is 5.02 Å². The van der Waals surface area contributed by atoms with Gasteiger partial charge < -0.3 is 15.0 Å². The predicted molar refractivity (Wildman–Crippen MR) is 92.0 cm³/mol. The minimum Gasteiger partial charge on any atom is -0.392 e. The molecule has 1 aromatic heterocycles. The van der Waals surface area contributed by atoms with Crippen LogP contribution in [0.4, 0.5) is 0 Å². The van der Waals surface area contributed by atoms with E-state index in [1.165, 1.54) is 0 Å². The van der Waals surface area contributed by atoms with Gasteiger partial charge in [0.15, 0.2) is 0 Å². The maximum absolute atomic E-state index is 12.7. The van der Waals surface area contributed by atoms with Crippen molar-refractivity contribution in [1.29, 1.82) is 0 Å². The van der Waals surface area contributed by atoms with Gasteiger partial charge in [-0.3, -0.25) is 9.69 Å². The number of aliphatic hydroxyl groups excluding tert-OH is 1. The minimum absolute atomic E-state index is 0.0538. The largest absolute Gasteiger partial charge is 0.392 e. The summed E-state index contributed by atoms with van der Waals surface area (Å²) in [6, 6.07) is 7.66. The number of nitrogens with one attached hydrogen (secondary N) is 1. The zero-order valence-electron chi connectivity index (χ0n) is 13.3. The SMILES string of the molecule is CC[C@H](O)CN1CCN(C(=O)c2[nH]c3ccccc3c2Cl)CC1. The molecule has 0 aliphatic carbocycles. The standard InChI is InChI=1S/C17H22ClN3O2/c1-2-12(22)11-20-7-9-21(10-8-20)17(23)16-15(18)13-5-3-4-6-14(13)19-16/h3-6,12,19,22H,2,7-11H2,1H3/t12-/m0/s1. The molecule has 2 heterocycles. The number of rotatable bonds is 4. The third-order valence-electron chi connectivity index (χ3n) is 4.46. The molecule has 23 heavy (non-hydrogen) atoms. The van der Waals surface area contributed by atoms with E-state index >= 15 is 0 Å². The van der Waals surface area contributed by atoms with Gasteiger partial charge in [0.05, 0.1) is 11.1 Å². The Hall–Kier alpha value is -1.56. The molecule has 1 fully saturated rings. The summed E-state index contributed by atoms with van der Waals surface area (Å²) in [6.07, 6.45) is 0.462. The first kappa shape index (κ1) is 16.3. The molecule has 0 spiro atoms. The van der Waals surface area contributed by atoms with Crippen LogP contribution in [-0.2, 0) is 0 Å². The Balaban J connectivity index is 1.68. The third-order valence-corrected chi connectivity index (χ3v) is 4.85. The van der Waals surface area contributed by atoms with Crippen LogP contribution in [0.5, 0.6) is 0 Å². The van der Waals surface area contributed by atoms with E-state index in [0.29, 0.717) is 30.4 Å². The van der Waals surface area contributed by atoms with Gasteiger partial charge in [0, 0.05) is 43.6 Å². The average molecular weight is 336 g/mol. The summed E-state index contributed by atoms with van der Waals surface area (Å²) >= 11 is 6.37. The highest BCUT2D eigenvalue weighted by Crippen LogP contribution is 2.28. The Morgan fingerprint density at radius 1 is 1.30 bits per heavy atom. The van der Waals surface area contributed by atoms with Crippen molar-refractivity contribution in [2.45, 2.75) is 19.4 Å². The average Bonchev–Trinajstić information content (AvgIpc) is 2.92.